The van der Waals surface area contributed by atoms with Crippen LogP contribution in [0, 0.1) is 0 Å². The average molecular weight is 498 g/mol. The van der Waals surface area contributed by atoms with Crippen LogP contribution in [-0.2, 0) is 17.8 Å². The van der Waals surface area contributed by atoms with E-state index < -0.39 is 16.1 Å². The molecule has 0 saturated heterocycles. The van der Waals surface area contributed by atoms with Gasteiger partial charge in [-0.05, 0) is 66.5 Å². The molecule has 0 aliphatic rings. The Morgan fingerprint density at radius 1 is 1.06 bits per heavy atom. The van der Waals surface area contributed by atoms with Crippen molar-refractivity contribution in [1.29, 1.82) is 0 Å². The summed E-state index contributed by atoms with van der Waals surface area (Å²) in [6.45, 7) is 5.88. The fourth-order valence-electron chi connectivity index (χ4n) is 3.38. The SMILES string of the molecule is CC(C)(C)[S+]([O-])N[C@@H](Cc1ncccc1Br)c1ccccc1-c1noc2ccccc12. The minimum absolute atomic E-state index is 0.238. The van der Waals surface area contributed by atoms with Gasteiger partial charge in [0.2, 0.25) is 0 Å². The molecule has 160 valence electrons. The molecule has 2 aromatic heterocycles. The second-order valence-corrected chi connectivity index (χ2v) is 11.2. The van der Waals surface area contributed by atoms with Crippen LogP contribution in [0.1, 0.15) is 38.1 Å². The Bertz CT molecular complexity index is 1190. The van der Waals surface area contributed by atoms with Crippen LogP contribution in [0.2, 0.25) is 0 Å². The van der Waals surface area contributed by atoms with E-state index in [1.807, 2.05) is 81.4 Å². The van der Waals surface area contributed by atoms with Gasteiger partial charge < -0.3 is 9.08 Å². The number of aromatic nitrogens is 2. The van der Waals surface area contributed by atoms with E-state index in [-0.39, 0.29) is 6.04 Å². The Labute approximate surface area is 193 Å². The maximum absolute atomic E-state index is 13.1. The summed E-state index contributed by atoms with van der Waals surface area (Å²) in [6, 6.07) is 19.5. The first-order valence-electron chi connectivity index (χ1n) is 10.1. The molecule has 1 N–H and O–H groups in total. The lowest BCUT2D eigenvalue weighted by molar-refractivity contribution is 0.459. The van der Waals surface area contributed by atoms with Crippen molar-refractivity contribution >= 4 is 38.3 Å². The summed E-state index contributed by atoms with van der Waals surface area (Å²) in [7, 11) is 0. The summed E-state index contributed by atoms with van der Waals surface area (Å²) in [6.07, 6.45) is 2.34. The molecule has 2 heterocycles. The summed E-state index contributed by atoms with van der Waals surface area (Å²) < 4.78 is 22.5. The van der Waals surface area contributed by atoms with Gasteiger partial charge in [0.1, 0.15) is 10.4 Å². The van der Waals surface area contributed by atoms with Gasteiger partial charge in [-0.3, -0.25) is 4.98 Å². The van der Waals surface area contributed by atoms with Crippen molar-refractivity contribution in [2.24, 2.45) is 0 Å². The highest BCUT2D eigenvalue weighted by Crippen LogP contribution is 2.35. The quantitative estimate of drug-likeness (QED) is 0.331. The highest BCUT2D eigenvalue weighted by molar-refractivity contribution is 9.10. The van der Waals surface area contributed by atoms with Gasteiger partial charge in [0.15, 0.2) is 5.58 Å². The molecule has 0 bridgehead atoms. The molecule has 0 saturated carbocycles. The number of nitrogens with one attached hydrogen (secondary N) is 1. The summed E-state index contributed by atoms with van der Waals surface area (Å²) >= 11 is 2.33. The van der Waals surface area contributed by atoms with Crippen LogP contribution >= 0.6 is 15.9 Å². The zero-order chi connectivity index (χ0) is 22.0. The summed E-state index contributed by atoms with van der Waals surface area (Å²) in [5.74, 6) is 0. The van der Waals surface area contributed by atoms with Crippen LogP contribution in [-0.4, -0.2) is 19.4 Å². The Kier molecular flexibility index (Phi) is 6.48. The smallest absolute Gasteiger partial charge is 0.167 e. The first-order chi connectivity index (χ1) is 14.8. The highest BCUT2D eigenvalue weighted by Gasteiger charge is 2.32. The number of fused-ring (bicyclic) bond motifs is 1. The number of pyridine rings is 1. The van der Waals surface area contributed by atoms with Gasteiger partial charge in [0, 0.05) is 39.4 Å². The van der Waals surface area contributed by atoms with Crippen LogP contribution in [0.3, 0.4) is 0 Å². The minimum atomic E-state index is -1.27. The van der Waals surface area contributed by atoms with Crippen LogP contribution in [0.15, 0.2) is 75.9 Å². The van der Waals surface area contributed by atoms with Crippen molar-refractivity contribution in [3.05, 3.63) is 82.6 Å². The molecule has 0 aliphatic carbocycles. The minimum Gasteiger partial charge on any atom is -0.598 e. The van der Waals surface area contributed by atoms with Gasteiger partial charge in [0.05, 0.1) is 11.7 Å². The van der Waals surface area contributed by atoms with Gasteiger partial charge in [-0.25, -0.2) is 0 Å². The molecule has 0 fully saturated rings. The molecular weight excluding hydrogens is 474 g/mol. The number of para-hydroxylation sites is 1. The maximum Gasteiger partial charge on any atom is 0.167 e. The molecule has 2 atom stereocenters. The summed E-state index contributed by atoms with van der Waals surface area (Å²) in [5.41, 5.74) is 4.35. The molecule has 4 rings (SSSR count). The van der Waals surface area contributed by atoms with Crippen molar-refractivity contribution in [1.82, 2.24) is 14.9 Å². The van der Waals surface area contributed by atoms with Crippen molar-refractivity contribution in [3.63, 3.8) is 0 Å². The zero-order valence-corrected chi connectivity index (χ0v) is 20.0. The van der Waals surface area contributed by atoms with Gasteiger partial charge in [-0.1, -0.05) is 41.6 Å². The molecule has 5 nitrogen and oxygen atoms in total. The van der Waals surface area contributed by atoms with Crippen LogP contribution < -0.4 is 4.72 Å². The van der Waals surface area contributed by atoms with E-state index >= 15 is 0 Å². The van der Waals surface area contributed by atoms with E-state index in [0.29, 0.717) is 6.42 Å². The third-order valence-electron chi connectivity index (χ3n) is 5.01. The van der Waals surface area contributed by atoms with Gasteiger partial charge in [-0.15, -0.1) is 4.72 Å². The normalized spacial score (nSPS) is 14.0. The van der Waals surface area contributed by atoms with Crippen molar-refractivity contribution in [3.8, 4) is 11.3 Å². The molecule has 0 amide bonds. The fourth-order valence-corrected chi connectivity index (χ4v) is 4.62. The van der Waals surface area contributed by atoms with Crippen LogP contribution in [0.4, 0.5) is 0 Å². The Morgan fingerprint density at radius 3 is 2.58 bits per heavy atom. The largest absolute Gasteiger partial charge is 0.598 e. The predicted octanol–water partition coefficient (Wildman–Crippen LogP) is 5.99. The molecule has 7 heteroatoms. The Morgan fingerprint density at radius 2 is 1.81 bits per heavy atom. The van der Waals surface area contributed by atoms with Crippen molar-refractivity contribution in [2.75, 3.05) is 0 Å². The molecular formula is C24H24BrN3O2S. The lowest BCUT2D eigenvalue weighted by atomic mass is 9.94. The number of hydrogen-bond acceptors (Lipinski definition) is 5. The predicted molar refractivity (Wildman–Crippen MR) is 129 cm³/mol. The van der Waals surface area contributed by atoms with E-state index in [1.54, 1.807) is 6.20 Å². The third kappa shape index (κ3) is 4.85. The van der Waals surface area contributed by atoms with Gasteiger partial charge in [0.25, 0.3) is 0 Å². The number of halogens is 1. The molecule has 2 aromatic carbocycles. The van der Waals surface area contributed by atoms with Crippen LogP contribution in [0.5, 0.6) is 0 Å². The molecule has 0 spiro atoms. The number of hydrogen-bond donors (Lipinski definition) is 1. The molecule has 1 unspecified atom stereocenters. The third-order valence-corrected chi connectivity index (χ3v) is 7.34. The first kappa shape index (κ1) is 22.0. The molecule has 0 aliphatic heterocycles. The summed E-state index contributed by atoms with van der Waals surface area (Å²) in [5, 5.41) is 5.31. The van der Waals surface area contributed by atoms with Crippen molar-refractivity contribution in [2.45, 2.75) is 38.0 Å². The molecule has 31 heavy (non-hydrogen) atoms. The molecule has 4 aromatic rings. The second kappa shape index (κ2) is 9.12. The van der Waals surface area contributed by atoms with E-state index in [1.165, 1.54) is 0 Å². The Hall–Kier alpha value is -2.19. The van der Waals surface area contributed by atoms with Crippen LogP contribution in [0.25, 0.3) is 22.2 Å². The summed E-state index contributed by atoms with van der Waals surface area (Å²) in [4.78, 5) is 4.54. The number of rotatable bonds is 6. The lowest BCUT2D eigenvalue weighted by Crippen LogP contribution is -2.42. The zero-order valence-electron chi connectivity index (χ0n) is 17.6. The average Bonchev–Trinajstić information content (AvgIpc) is 3.18. The standard InChI is InChI=1S/C24H24BrN3O2S/c1-24(2,3)31(29)28-20(15-21-19(25)12-8-14-26-21)16-9-4-5-10-17(16)23-18-11-6-7-13-22(18)30-27-23/h4-14,20,28H,15H2,1-3H3/t20-,31?/m0/s1. The monoisotopic (exact) mass is 497 g/mol. The van der Waals surface area contributed by atoms with Crippen molar-refractivity contribution < 1.29 is 9.08 Å². The Balaban J connectivity index is 1.81. The molecule has 0 radical (unpaired) electrons. The van der Waals surface area contributed by atoms with Gasteiger partial charge >= 0.3 is 0 Å². The van der Waals surface area contributed by atoms with E-state index in [2.05, 4.69) is 30.8 Å². The topological polar surface area (TPSA) is 74.0 Å². The first-order valence-corrected chi connectivity index (χ1v) is 12.0. The second-order valence-electron chi connectivity index (χ2n) is 8.30. The highest BCUT2D eigenvalue weighted by atomic mass is 79.9. The van der Waals surface area contributed by atoms with E-state index in [0.717, 1.165) is 38.0 Å². The fraction of sp³-hybridized carbons (Fsp3) is 0.250. The maximum atomic E-state index is 13.1. The van der Waals surface area contributed by atoms with E-state index in [4.69, 9.17) is 4.52 Å². The van der Waals surface area contributed by atoms with Gasteiger partial charge in [-0.2, -0.15) is 0 Å². The number of nitrogens with zero attached hydrogens (tertiary/aromatic N) is 2. The number of benzene rings is 2. The van der Waals surface area contributed by atoms with E-state index in [9.17, 15) is 4.55 Å². The lowest BCUT2D eigenvalue weighted by Gasteiger charge is -2.29.